The van der Waals surface area contributed by atoms with Crippen molar-refractivity contribution in [3.63, 3.8) is 0 Å². The lowest BCUT2D eigenvalue weighted by Gasteiger charge is -2.40. The molecule has 0 spiro atoms. The third kappa shape index (κ3) is 21.7. The summed E-state index contributed by atoms with van der Waals surface area (Å²) in [5.41, 5.74) is 0. The van der Waals surface area contributed by atoms with Gasteiger partial charge in [0.15, 0.2) is 6.29 Å². The standard InChI is InChI=1S/C39H73NO8/c1-3-5-7-9-11-12-13-14-15-16-17-18-19-20-21-22-23-25-27-29-35(43)40-32(33(42)28-26-24-10-8-6-4-2)31-47-39-38(46)37(45)36(44)34(30-41)48-39/h11-12,14-15,32-34,36-39,41-42,44-46H,3-10,13,16-31H2,1-2H3,(H,40,43)/b12-11-,15-14-. The Morgan fingerprint density at radius 3 is 1.83 bits per heavy atom. The highest BCUT2D eigenvalue weighted by molar-refractivity contribution is 5.76. The molecule has 1 rings (SSSR count). The van der Waals surface area contributed by atoms with E-state index >= 15 is 0 Å². The number of carbonyl (C=O) groups is 1. The lowest BCUT2D eigenvalue weighted by atomic mass is 9.99. The van der Waals surface area contributed by atoms with Crippen molar-refractivity contribution >= 4 is 5.91 Å². The monoisotopic (exact) mass is 684 g/mol. The molecule has 9 nitrogen and oxygen atoms in total. The molecule has 1 aliphatic rings. The maximum atomic E-state index is 12.8. The molecule has 0 aromatic heterocycles. The quantitative estimate of drug-likeness (QED) is 0.0346. The number of nitrogens with one attached hydrogen (secondary N) is 1. The van der Waals surface area contributed by atoms with Crippen LogP contribution in [0.15, 0.2) is 24.3 Å². The molecule has 6 N–H and O–H groups in total. The molecule has 1 fully saturated rings. The molecule has 0 aliphatic carbocycles. The van der Waals surface area contributed by atoms with E-state index in [0.29, 0.717) is 12.8 Å². The third-order valence-corrected chi connectivity index (χ3v) is 9.31. The second kappa shape index (κ2) is 30.5. The molecule has 0 bridgehead atoms. The van der Waals surface area contributed by atoms with E-state index in [-0.39, 0.29) is 12.5 Å². The number of aliphatic hydroxyl groups is 5. The molecule has 0 aromatic carbocycles. The zero-order valence-corrected chi connectivity index (χ0v) is 30.5. The number of carbonyl (C=O) groups excluding carboxylic acids is 1. The third-order valence-electron chi connectivity index (χ3n) is 9.31. The molecule has 1 heterocycles. The minimum Gasteiger partial charge on any atom is -0.394 e. The van der Waals surface area contributed by atoms with Crippen molar-refractivity contribution in [2.45, 2.75) is 204 Å². The van der Waals surface area contributed by atoms with Crippen LogP contribution in [0.4, 0.5) is 0 Å². The summed E-state index contributed by atoms with van der Waals surface area (Å²) in [6.45, 7) is 3.72. The number of allylic oxidation sites excluding steroid dienone is 4. The fourth-order valence-corrected chi connectivity index (χ4v) is 6.07. The highest BCUT2D eigenvalue weighted by Gasteiger charge is 2.44. The van der Waals surface area contributed by atoms with E-state index in [4.69, 9.17) is 9.47 Å². The van der Waals surface area contributed by atoms with Crippen LogP contribution >= 0.6 is 0 Å². The van der Waals surface area contributed by atoms with Gasteiger partial charge in [-0.05, 0) is 44.9 Å². The van der Waals surface area contributed by atoms with Gasteiger partial charge in [-0.15, -0.1) is 0 Å². The summed E-state index contributed by atoms with van der Waals surface area (Å²) >= 11 is 0. The summed E-state index contributed by atoms with van der Waals surface area (Å²) in [4.78, 5) is 12.8. The number of ether oxygens (including phenoxy) is 2. The Hall–Kier alpha value is -1.33. The Morgan fingerprint density at radius 2 is 1.23 bits per heavy atom. The fourth-order valence-electron chi connectivity index (χ4n) is 6.07. The highest BCUT2D eigenvalue weighted by atomic mass is 16.7. The normalized spacial score (nSPS) is 22.9. The van der Waals surface area contributed by atoms with Gasteiger partial charge in [0.1, 0.15) is 24.4 Å². The van der Waals surface area contributed by atoms with E-state index in [1.807, 2.05) is 0 Å². The van der Waals surface area contributed by atoms with Gasteiger partial charge in [0.2, 0.25) is 5.91 Å². The van der Waals surface area contributed by atoms with Crippen LogP contribution in [0.3, 0.4) is 0 Å². The summed E-state index contributed by atoms with van der Waals surface area (Å²) in [5, 5.41) is 53.8. The minimum atomic E-state index is -1.55. The number of amides is 1. The molecule has 1 amide bonds. The van der Waals surface area contributed by atoms with Crippen LogP contribution in [0.1, 0.15) is 162 Å². The van der Waals surface area contributed by atoms with Crippen molar-refractivity contribution in [3.05, 3.63) is 24.3 Å². The van der Waals surface area contributed by atoms with Gasteiger partial charge < -0.3 is 40.3 Å². The van der Waals surface area contributed by atoms with Crippen LogP contribution in [-0.2, 0) is 14.3 Å². The van der Waals surface area contributed by atoms with Gasteiger partial charge in [0.25, 0.3) is 0 Å². The molecular formula is C39H73NO8. The van der Waals surface area contributed by atoms with Crippen LogP contribution in [0.25, 0.3) is 0 Å². The van der Waals surface area contributed by atoms with Gasteiger partial charge >= 0.3 is 0 Å². The summed E-state index contributed by atoms with van der Waals surface area (Å²) in [6.07, 6.45) is 26.4. The first-order valence-corrected chi connectivity index (χ1v) is 19.5. The van der Waals surface area contributed by atoms with Crippen LogP contribution in [0.5, 0.6) is 0 Å². The first-order valence-electron chi connectivity index (χ1n) is 19.5. The Bertz CT molecular complexity index is 807. The van der Waals surface area contributed by atoms with Gasteiger partial charge in [-0.2, -0.15) is 0 Å². The molecule has 48 heavy (non-hydrogen) atoms. The predicted molar refractivity (Wildman–Crippen MR) is 193 cm³/mol. The van der Waals surface area contributed by atoms with Crippen LogP contribution in [0.2, 0.25) is 0 Å². The Kier molecular flexibility index (Phi) is 28.4. The molecule has 9 heteroatoms. The SMILES string of the molecule is CCCCC/C=C\C/C=C\CCCCCCCCCCCC(=O)NC(COC1OC(CO)C(O)C(O)C1O)C(O)CCCCCCCC. The number of hydrogen-bond donors (Lipinski definition) is 6. The predicted octanol–water partition coefficient (Wildman–Crippen LogP) is 6.77. The Balaban J connectivity index is 2.28. The summed E-state index contributed by atoms with van der Waals surface area (Å²) < 4.78 is 11.1. The van der Waals surface area contributed by atoms with E-state index in [1.165, 1.54) is 89.9 Å². The summed E-state index contributed by atoms with van der Waals surface area (Å²) in [5.74, 6) is -0.156. The maximum Gasteiger partial charge on any atom is 0.220 e. The Morgan fingerprint density at radius 1 is 0.708 bits per heavy atom. The molecule has 0 radical (unpaired) electrons. The average Bonchev–Trinajstić information content (AvgIpc) is 3.08. The molecular weight excluding hydrogens is 610 g/mol. The van der Waals surface area contributed by atoms with Gasteiger partial charge in [0, 0.05) is 6.42 Å². The largest absolute Gasteiger partial charge is 0.394 e. The summed E-state index contributed by atoms with van der Waals surface area (Å²) in [7, 11) is 0. The fraction of sp³-hybridized carbons (Fsp3) is 0.872. The van der Waals surface area contributed by atoms with E-state index < -0.39 is 49.5 Å². The smallest absolute Gasteiger partial charge is 0.220 e. The molecule has 7 unspecified atom stereocenters. The van der Waals surface area contributed by atoms with Crippen LogP contribution < -0.4 is 5.32 Å². The zero-order valence-electron chi connectivity index (χ0n) is 30.5. The lowest BCUT2D eigenvalue weighted by molar-refractivity contribution is -0.302. The molecule has 282 valence electrons. The number of hydrogen-bond acceptors (Lipinski definition) is 8. The van der Waals surface area contributed by atoms with Gasteiger partial charge in [-0.3, -0.25) is 4.79 Å². The molecule has 0 aromatic rings. The molecule has 0 saturated carbocycles. The second-order valence-corrected chi connectivity index (χ2v) is 13.7. The number of unbranched alkanes of at least 4 members (excludes halogenated alkanes) is 17. The Labute approximate surface area is 292 Å². The summed E-state index contributed by atoms with van der Waals surface area (Å²) in [6, 6.07) is -0.715. The lowest BCUT2D eigenvalue weighted by Crippen LogP contribution is -2.60. The molecule has 7 atom stereocenters. The van der Waals surface area contributed by atoms with Crippen molar-refractivity contribution < 1.29 is 39.8 Å². The van der Waals surface area contributed by atoms with Crippen molar-refractivity contribution in [2.75, 3.05) is 13.2 Å². The maximum absolute atomic E-state index is 12.8. The van der Waals surface area contributed by atoms with Gasteiger partial charge in [-0.1, -0.05) is 134 Å². The average molecular weight is 684 g/mol. The van der Waals surface area contributed by atoms with Gasteiger partial charge in [-0.25, -0.2) is 0 Å². The topological polar surface area (TPSA) is 149 Å². The second-order valence-electron chi connectivity index (χ2n) is 13.7. The number of aliphatic hydroxyl groups excluding tert-OH is 5. The van der Waals surface area contributed by atoms with Crippen molar-refractivity contribution in [1.29, 1.82) is 0 Å². The first kappa shape index (κ1) is 44.7. The van der Waals surface area contributed by atoms with Crippen molar-refractivity contribution in [3.8, 4) is 0 Å². The van der Waals surface area contributed by atoms with Crippen molar-refractivity contribution in [1.82, 2.24) is 5.32 Å². The van der Waals surface area contributed by atoms with Crippen LogP contribution in [0, 0.1) is 0 Å². The van der Waals surface area contributed by atoms with E-state index in [2.05, 4.69) is 43.5 Å². The molecule has 1 saturated heterocycles. The number of rotatable bonds is 31. The van der Waals surface area contributed by atoms with Crippen LogP contribution in [-0.4, -0.2) is 87.5 Å². The molecule has 1 aliphatic heterocycles. The van der Waals surface area contributed by atoms with Gasteiger partial charge in [0.05, 0.1) is 25.4 Å². The van der Waals surface area contributed by atoms with E-state index in [9.17, 15) is 30.3 Å². The van der Waals surface area contributed by atoms with E-state index in [1.54, 1.807) is 0 Å². The zero-order chi connectivity index (χ0) is 35.2. The van der Waals surface area contributed by atoms with E-state index in [0.717, 1.165) is 44.9 Å². The van der Waals surface area contributed by atoms with Crippen molar-refractivity contribution in [2.24, 2.45) is 0 Å². The minimum absolute atomic E-state index is 0.141. The highest BCUT2D eigenvalue weighted by Crippen LogP contribution is 2.23. The first-order chi connectivity index (χ1) is 23.3.